The molecule has 0 saturated heterocycles. The van der Waals surface area contributed by atoms with E-state index in [0.717, 1.165) is 12.5 Å². The first-order chi connectivity index (χ1) is 9.63. The first-order valence-corrected chi connectivity index (χ1v) is 7.61. The SMILES string of the molecule is C=CCn1ncc(NCC2CCCCC2C)c(Cl)c1=O. The minimum absolute atomic E-state index is 0.213. The van der Waals surface area contributed by atoms with E-state index in [-0.39, 0.29) is 10.6 Å². The third-order valence-electron chi connectivity index (χ3n) is 4.13. The van der Waals surface area contributed by atoms with Gasteiger partial charge in [0.1, 0.15) is 5.02 Å². The highest BCUT2D eigenvalue weighted by molar-refractivity contribution is 6.32. The van der Waals surface area contributed by atoms with Crippen LogP contribution in [0.1, 0.15) is 32.6 Å². The highest BCUT2D eigenvalue weighted by Gasteiger charge is 2.21. The maximum atomic E-state index is 12.0. The van der Waals surface area contributed by atoms with Gasteiger partial charge in [-0.2, -0.15) is 5.10 Å². The fourth-order valence-corrected chi connectivity index (χ4v) is 2.99. The van der Waals surface area contributed by atoms with Crippen LogP contribution in [0, 0.1) is 11.8 Å². The van der Waals surface area contributed by atoms with Gasteiger partial charge in [0.05, 0.1) is 18.4 Å². The van der Waals surface area contributed by atoms with Crippen molar-refractivity contribution < 1.29 is 0 Å². The molecule has 0 spiro atoms. The predicted molar refractivity (Wildman–Crippen MR) is 83.3 cm³/mol. The number of rotatable bonds is 5. The van der Waals surface area contributed by atoms with Crippen molar-refractivity contribution >= 4 is 17.3 Å². The fraction of sp³-hybridized carbons (Fsp3) is 0.600. The van der Waals surface area contributed by atoms with Gasteiger partial charge < -0.3 is 5.32 Å². The Labute approximate surface area is 124 Å². The molecule has 2 atom stereocenters. The normalized spacial score (nSPS) is 22.5. The third-order valence-corrected chi connectivity index (χ3v) is 4.50. The van der Waals surface area contributed by atoms with Gasteiger partial charge in [-0.3, -0.25) is 4.79 Å². The molecule has 1 fully saturated rings. The molecule has 4 nitrogen and oxygen atoms in total. The summed E-state index contributed by atoms with van der Waals surface area (Å²) in [4.78, 5) is 12.0. The Morgan fingerprint density at radius 1 is 1.55 bits per heavy atom. The van der Waals surface area contributed by atoms with Crippen molar-refractivity contribution in [3.63, 3.8) is 0 Å². The molecule has 1 heterocycles. The minimum atomic E-state index is -0.270. The quantitative estimate of drug-likeness (QED) is 0.848. The number of halogens is 1. The number of anilines is 1. The topological polar surface area (TPSA) is 46.9 Å². The lowest BCUT2D eigenvalue weighted by Gasteiger charge is -2.29. The molecule has 5 heteroatoms. The van der Waals surface area contributed by atoms with Gasteiger partial charge in [-0.05, 0) is 18.3 Å². The van der Waals surface area contributed by atoms with Gasteiger partial charge in [0.2, 0.25) is 0 Å². The van der Waals surface area contributed by atoms with Crippen LogP contribution in [0.2, 0.25) is 5.02 Å². The summed E-state index contributed by atoms with van der Waals surface area (Å²) in [5.41, 5.74) is 0.364. The summed E-state index contributed by atoms with van der Waals surface area (Å²) >= 11 is 6.12. The fourth-order valence-electron chi connectivity index (χ4n) is 2.78. The predicted octanol–water partition coefficient (Wildman–Crippen LogP) is 3.32. The first-order valence-electron chi connectivity index (χ1n) is 7.24. The molecule has 1 aromatic heterocycles. The zero-order valence-electron chi connectivity index (χ0n) is 11.9. The third kappa shape index (κ3) is 3.42. The summed E-state index contributed by atoms with van der Waals surface area (Å²) in [7, 11) is 0. The molecule has 0 aliphatic heterocycles. The number of allylic oxidation sites excluding steroid dienone is 1. The van der Waals surface area contributed by atoms with Crippen LogP contribution in [-0.2, 0) is 6.54 Å². The average Bonchev–Trinajstić information content (AvgIpc) is 2.45. The molecule has 1 aliphatic rings. The van der Waals surface area contributed by atoms with Crippen molar-refractivity contribution in [1.29, 1.82) is 0 Å². The summed E-state index contributed by atoms with van der Waals surface area (Å²) in [6, 6.07) is 0. The van der Waals surface area contributed by atoms with E-state index in [1.807, 2.05) is 0 Å². The first kappa shape index (κ1) is 15.1. The molecule has 0 aromatic carbocycles. The second-order valence-electron chi connectivity index (χ2n) is 5.55. The number of hydrogen-bond acceptors (Lipinski definition) is 3. The zero-order chi connectivity index (χ0) is 14.5. The molecule has 1 N–H and O–H groups in total. The van der Waals surface area contributed by atoms with Crippen LogP contribution in [0.15, 0.2) is 23.6 Å². The smallest absolute Gasteiger partial charge is 0.287 e. The summed E-state index contributed by atoms with van der Waals surface area (Å²) in [6.45, 7) is 7.12. The van der Waals surface area contributed by atoms with E-state index in [1.165, 1.54) is 30.4 Å². The van der Waals surface area contributed by atoms with Gasteiger partial charge in [-0.25, -0.2) is 4.68 Å². The molecule has 2 unspecified atom stereocenters. The van der Waals surface area contributed by atoms with Crippen LogP contribution < -0.4 is 10.9 Å². The van der Waals surface area contributed by atoms with Crippen molar-refractivity contribution in [1.82, 2.24) is 9.78 Å². The molecule has 1 aliphatic carbocycles. The standard InChI is InChI=1S/C15H22ClN3O/c1-3-8-19-15(20)14(16)13(10-18-19)17-9-12-7-5-4-6-11(12)2/h3,10-12,17H,1,4-9H2,2H3. The van der Waals surface area contributed by atoms with Gasteiger partial charge in [-0.1, -0.05) is 43.9 Å². The van der Waals surface area contributed by atoms with Gasteiger partial charge in [0.25, 0.3) is 5.56 Å². The second-order valence-corrected chi connectivity index (χ2v) is 5.93. The van der Waals surface area contributed by atoms with E-state index in [1.54, 1.807) is 12.3 Å². The Bertz CT molecular complexity index is 526. The van der Waals surface area contributed by atoms with Gasteiger partial charge >= 0.3 is 0 Å². The Hall–Kier alpha value is -1.29. The van der Waals surface area contributed by atoms with Crippen molar-refractivity contribution in [2.75, 3.05) is 11.9 Å². The molecule has 0 radical (unpaired) electrons. The molecule has 110 valence electrons. The lowest BCUT2D eigenvalue weighted by molar-refractivity contribution is 0.268. The summed E-state index contributed by atoms with van der Waals surface area (Å²) in [6.07, 6.45) is 8.41. The highest BCUT2D eigenvalue weighted by Crippen LogP contribution is 2.30. The maximum absolute atomic E-state index is 12.0. The molecule has 1 aromatic rings. The van der Waals surface area contributed by atoms with E-state index in [4.69, 9.17) is 11.6 Å². The Balaban J connectivity index is 2.04. The van der Waals surface area contributed by atoms with Crippen LogP contribution in [0.5, 0.6) is 0 Å². The molecule has 0 amide bonds. The summed E-state index contributed by atoms with van der Waals surface area (Å²) in [5, 5.41) is 7.60. The molecule has 2 rings (SSSR count). The van der Waals surface area contributed by atoms with E-state index < -0.39 is 0 Å². The molecule has 1 saturated carbocycles. The Morgan fingerprint density at radius 2 is 2.30 bits per heavy atom. The van der Waals surface area contributed by atoms with Crippen molar-refractivity contribution in [3.8, 4) is 0 Å². The summed E-state index contributed by atoms with van der Waals surface area (Å²) in [5.74, 6) is 1.37. The Kier molecular flexibility index (Phi) is 5.24. The number of aromatic nitrogens is 2. The van der Waals surface area contributed by atoms with Crippen molar-refractivity contribution in [3.05, 3.63) is 34.2 Å². The number of hydrogen-bond donors (Lipinski definition) is 1. The number of nitrogens with one attached hydrogen (secondary N) is 1. The zero-order valence-corrected chi connectivity index (χ0v) is 12.7. The second kappa shape index (κ2) is 6.93. The van der Waals surface area contributed by atoms with Crippen molar-refractivity contribution in [2.24, 2.45) is 11.8 Å². The largest absolute Gasteiger partial charge is 0.382 e. The minimum Gasteiger partial charge on any atom is -0.382 e. The van der Waals surface area contributed by atoms with Crippen LogP contribution >= 0.6 is 11.6 Å². The molecular weight excluding hydrogens is 274 g/mol. The average molecular weight is 296 g/mol. The lowest BCUT2D eigenvalue weighted by Crippen LogP contribution is -2.27. The van der Waals surface area contributed by atoms with Crippen LogP contribution in [0.25, 0.3) is 0 Å². The molecule has 0 bridgehead atoms. The monoisotopic (exact) mass is 295 g/mol. The van der Waals surface area contributed by atoms with E-state index in [0.29, 0.717) is 18.2 Å². The van der Waals surface area contributed by atoms with Gasteiger partial charge in [0.15, 0.2) is 0 Å². The van der Waals surface area contributed by atoms with Crippen molar-refractivity contribution in [2.45, 2.75) is 39.2 Å². The number of nitrogens with zero attached hydrogens (tertiary/aromatic N) is 2. The van der Waals surface area contributed by atoms with Crippen LogP contribution in [-0.4, -0.2) is 16.3 Å². The van der Waals surface area contributed by atoms with E-state index >= 15 is 0 Å². The van der Waals surface area contributed by atoms with Gasteiger partial charge in [0, 0.05) is 6.54 Å². The highest BCUT2D eigenvalue weighted by atomic mass is 35.5. The summed E-state index contributed by atoms with van der Waals surface area (Å²) < 4.78 is 1.31. The van der Waals surface area contributed by atoms with Crippen LogP contribution in [0.4, 0.5) is 5.69 Å². The van der Waals surface area contributed by atoms with E-state index in [9.17, 15) is 4.79 Å². The van der Waals surface area contributed by atoms with Crippen LogP contribution in [0.3, 0.4) is 0 Å². The van der Waals surface area contributed by atoms with E-state index in [2.05, 4.69) is 23.9 Å². The van der Waals surface area contributed by atoms with Gasteiger partial charge in [-0.15, -0.1) is 6.58 Å². The molecule has 20 heavy (non-hydrogen) atoms. The Morgan fingerprint density at radius 3 is 3.00 bits per heavy atom. The maximum Gasteiger partial charge on any atom is 0.287 e. The molecular formula is C15H22ClN3O. The lowest BCUT2D eigenvalue weighted by atomic mass is 9.80.